The zero-order valence-electron chi connectivity index (χ0n) is 13.6. The first-order chi connectivity index (χ1) is 12.0. The Balaban J connectivity index is 1.68. The highest BCUT2D eigenvalue weighted by Gasteiger charge is 2.34. The fraction of sp³-hybridized carbons (Fsp3) is 0.316. The summed E-state index contributed by atoms with van der Waals surface area (Å²) in [5.74, 6) is 0. The Hall–Kier alpha value is -2.52. The van der Waals surface area contributed by atoms with Crippen LogP contribution in [0.5, 0.6) is 0 Å². The fourth-order valence-electron chi connectivity index (χ4n) is 3.07. The summed E-state index contributed by atoms with van der Waals surface area (Å²) in [6, 6.07) is 15.7. The first-order valence-electron chi connectivity index (χ1n) is 8.10. The third kappa shape index (κ3) is 4.12. The number of halogens is 3. The van der Waals surface area contributed by atoms with Crippen molar-refractivity contribution in [2.24, 2.45) is 0 Å². The second-order valence-electron chi connectivity index (χ2n) is 6.09. The molecule has 0 spiro atoms. The lowest BCUT2D eigenvalue weighted by molar-refractivity contribution is -0.137. The van der Waals surface area contributed by atoms with Crippen molar-refractivity contribution in [1.82, 2.24) is 4.90 Å². The average Bonchev–Trinajstić information content (AvgIpc) is 2.62. The second kappa shape index (κ2) is 7.16. The fourth-order valence-corrected chi connectivity index (χ4v) is 3.07. The van der Waals surface area contributed by atoms with Gasteiger partial charge >= 0.3 is 6.18 Å². The predicted octanol–water partition coefficient (Wildman–Crippen LogP) is 3.90. The molecule has 1 heterocycles. The first kappa shape index (κ1) is 17.3. The van der Waals surface area contributed by atoms with Crippen LogP contribution in [0.2, 0.25) is 0 Å². The molecule has 1 aliphatic heterocycles. The van der Waals surface area contributed by atoms with Gasteiger partial charge in [-0.3, -0.25) is 4.90 Å². The number of rotatable bonds is 3. The van der Waals surface area contributed by atoms with Gasteiger partial charge in [0.25, 0.3) is 0 Å². The van der Waals surface area contributed by atoms with Gasteiger partial charge in [0, 0.05) is 38.4 Å². The van der Waals surface area contributed by atoms with E-state index in [1.165, 1.54) is 11.6 Å². The van der Waals surface area contributed by atoms with E-state index in [1.807, 2.05) is 23.1 Å². The van der Waals surface area contributed by atoms with E-state index in [1.54, 1.807) is 12.1 Å². The molecule has 0 aliphatic carbocycles. The number of alkyl halides is 3. The quantitative estimate of drug-likeness (QED) is 0.845. The SMILES string of the molecule is N#Cc1ccc(N2CCN(Cc3ccccc3)CC2)cc1C(F)(F)F. The highest BCUT2D eigenvalue weighted by atomic mass is 19.4. The average molecular weight is 345 g/mol. The van der Waals surface area contributed by atoms with Crippen LogP contribution in [0, 0.1) is 11.3 Å². The molecule has 0 amide bonds. The van der Waals surface area contributed by atoms with Crippen molar-refractivity contribution in [2.45, 2.75) is 12.7 Å². The molecule has 1 fully saturated rings. The van der Waals surface area contributed by atoms with E-state index in [2.05, 4.69) is 17.0 Å². The maximum atomic E-state index is 13.1. The van der Waals surface area contributed by atoms with Crippen molar-refractivity contribution in [1.29, 1.82) is 5.26 Å². The Morgan fingerprint density at radius 3 is 2.24 bits per heavy atom. The predicted molar refractivity (Wildman–Crippen MR) is 90.1 cm³/mol. The Labute approximate surface area is 144 Å². The van der Waals surface area contributed by atoms with Crippen LogP contribution in [0.3, 0.4) is 0 Å². The van der Waals surface area contributed by atoms with Gasteiger partial charge in [-0.25, -0.2) is 0 Å². The monoisotopic (exact) mass is 345 g/mol. The molecule has 2 aromatic carbocycles. The van der Waals surface area contributed by atoms with Crippen LogP contribution in [0.1, 0.15) is 16.7 Å². The molecule has 25 heavy (non-hydrogen) atoms. The van der Waals surface area contributed by atoms with Crippen molar-refractivity contribution in [2.75, 3.05) is 31.1 Å². The van der Waals surface area contributed by atoms with E-state index in [4.69, 9.17) is 5.26 Å². The Bertz CT molecular complexity index is 758. The largest absolute Gasteiger partial charge is 0.417 e. The number of nitriles is 1. The molecule has 1 saturated heterocycles. The van der Waals surface area contributed by atoms with E-state index >= 15 is 0 Å². The lowest BCUT2D eigenvalue weighted by atomic mass is 10.1. The van der Waals surface area contributed by atoms with Crippen LogP contribution in [-0.4, -0.2) is 31.1 Å². The molecule has 130 valence electrons. The van der Waals surface area contributed by atoms with Crippen molar-refractivity contribution in [3.05, 3.63) is 65.2 Å². The number of piperazine rings is 1. The molecule has 0 radical (unpaired) electrons. The summed E-state index contributed by atoms with van der Waals surface area (Å²) in [6.07, 6.45) is -4.52. The number of hydrogen-bond donors (Lipinski definition) is 0. The zero-order valence-corrected chi connectivity index (χ0v) is 13.6. The van der Waals surface area contributed by atoms with Crippen LogP contribution >= 0.6 is 0 Å². The smallest absolute Gasteiger partial charge is 0.369 e. The van der Waals surface area contributed by atoms with E-state index in [9.17, 15) is 13.2 Å². The van der Waals surface area contributed by atoms with Crippen molar-refractivity contribution < 1.29 is 13.2 Å². The molecule has 2 aromatic rings. The molecule has 1 aliphatic rings. The van der Waals surface area contributed by atoms with Crippen LogP contribution in [0.4, 0.5) is 18.9 Å². The van der Waals surface area contributed by atoms with Gasteiger partial charge in [-0.15, -0.1) is 0 Å². The van der Waals surface area contributed by atoms with Gasteiger partial charge in [0.2, 0.25) is 0 Å². The van der Waals surface area contributed by atoms with Gasteiger partial charge in [0.1, 0.15) is 0 Å². The van der Waals surface area contributed by atoms with Crippen molar-refractivity contribution in [3.8, 4) is 6.07 Å². The Kier molecular flexibility index (Phi) is 4.95. The third-order valence-electron chi connectivity index (χ3n) is 4.42. The molecule has 3 nitrogen and oxygen atoms in total. The molecule has 0 aromatic heterocycles. The molecular weight excluding hydrogens is 327 g/mol. The molecule has 0 bridgehead atoms. The molecule has 0 N–H and O–H groups in total. The normalized spacial score (nSPS) is 15.8. The summed E-state index contributed by atoms with van der Waals surface area (Å²) in [5, 5.41) is 8.89. The minimum absolute atomic E-state index is 0.334. The third-order valence-corrected chi connectivity index (χ3v) is 4.42. The van der Waals surface area contributed by atoms with Gasteiger partial charge < -0.3 is 4.90 Å². The number of nitrogens with zero attached hydrogens (tertiary/aromatic N) is 3. The minimum Gasteiger partial charge on any atom is -0.369 e. The van der Waals surface area contributed by atoms with Gasteiger partial charge in [-0.2, -0.15) is 18.4 Å². The molecule has 6 heteroatoms. The van der Waals surface area contributed by atoms with E-state index in [0.717, 1.165) is 25.7 Å². The lowest BCUT2D eigenvalue weighted by Crippen LogP contribution is -2.46. The summed E-state index contributed by atoms with van der Waals surface area (Å²) in [7, 11) is 0. The van der Waals surface area contributed by atoms with Crippen LogP contribution < -0.4 is 4.90 Å². The topological polar surface area (TPSA) is 30.3 Å². The molecular formula is C19H18F3N3. The highest BCUT2D eigenvalue weighted by Crippen LogP contribution is 2.34. The molecule has 0 atom stereocenters. The maximum Gasteiger partial charge on any atom is 0.417 e. The van der Waals surface area contributed by atoms with Crippen LogP contribution in [-0.2, 0) is 12.7 Å². The number of benzene rings is 2. The summed E-state index contributed by atoms with van der Waals surface area (Å²) in [5.41, 5.74) is 0.553. The highest BCUT2D eigenvalue weighted by molar-refractivity contribution is 5.55. The van der Waals surface area contributed by atoms with E-state index in [-0.39, 0.29) is 5.56 Å². The summed E-state index contributed by atoms with van der Waals surface area (Å²) < 4.78 is 39.3. The van der Waals surface area contributed by atoms with Crippen molar-refractivity contribution >= 4 is 5.69 Å². The zero-order chi connectivity index (χ0) is 17.9. The summed E-state index contributed by atoms with van der Waals surface area (Å²) >= 11 is 0. The first-order valence-corrected chi connectivity index (χ1v) is 8.10. The van der Waals surface area contributed by atoms with Gasteiger partial charge in [0.15, 0.2) is 0 Å². The standard InChI is InChI=1S/C19H18F3N3/c20-19(21,22)18-12-17(7-6-16(18)13-23)25-10-8-24(9-11-25)14-15-4-2-1-3-5-15/h1-7,12H,8-11,14H2. The van der Waals surface area contributed by atoms with Crippen LogP contribution in [0.25, 0.3) is 0 Å². The second-order valence-corrected chi connectivity index (χ2v) is 6.09. The molecule has 0 saturated carbocycles. The summed E-state index contributed by atoms with van der Waals surface area (Å²) in [4.78, 5) is 4.23. The molecule has 0 unspecified atom stereocenters. The number of anilines is 1. The van der Waals surface area contributed by atoms with E-state index < -0.39 is 11.7 Å². The molecule has 3 rings (SSSR count). The lowest BCUT2D eigenvalue weighted by Gasteiger charge is -2.36. The van der Waals surface area contributed by atoms with Crippen LogP contribution in [0.15, 0.2) is 48.5 Å². The minimum atomic E-state index is -4.52. The van der Waals surface area contributed by atoms with E-state index in [0.29, 0.717) is 18.8 Å². The van der Waals surface area contributed by atoms with Gasteiger partial charge in [0.05, 0.1) is 17.2 Å². The van der Waals surface area contributed by atoms with Crippen molar-refractivity contribution in [3.63, 3.8) is 0 Å². The number of hydrogen-bond acceptors (Lipinski definition) is 3. The summed E-state index contributed by atoms with van der Waals surface area (Å²) in [6.45, 7) is 3.74. The van der Waals surface area contributed by atoms with Gasteiger partial charge in [-0.1, -0.05) is 30.3 Å². The Morgan fingerprint density at radius 1 is 0.960 bits per heavy atom. The maximum absolute atomic E-state index is 13.1. The van der Waals surface area contributed by atoms with Gasteiger partial charge in [-0.05, 0) is 23.8 Å². The Morgan fingerprint density at radius 2 is 1.64 bits per heavy atom.